The molecule has 3 nitrogen and oxygen atoms in total. The van der Waals surface area contributed by atoms with Crippen LogP contribution in [0.1, 0.15) is 44.8 Å². The third-order valence-corrected chi connectivity index (χ3v) is 5.76. The van der Waals surface area contributed by atoms with Gasteiger partial charge in [0.2, 0.25) is 5.91 Å². The van der Waals surface area contributed by atoms with E-state index in [4.69, 9.17) is 0 Å². The van der Waals surface area contributed by atoms with Crippen LogP contribution in [0.2, 0.25) is 0 Å². The number of hydrogen-bond acceptors (Lipinski definition) is 3. The Bertz CT molecular complexity index is 512. The van der Waals surface area contributed by atoms with Crippen LogP contribution in [-0.4, -0.2) is 29.1 Å². The van der Waals surface area contributed by atoms with Gasteiger partial charge in [-0.05, 0) is 56.6 Å². The second-order valence-electron chi connectivity index (χ2n) is 6.24. The average molecular weight is 304 g/mol. The third kappa shape index (κ3) is 2.71. The van der Waals surface area contributed by atoms with Gasteiger partial charge in [0.15, 0.2) is 0 Å². The Kier molecular flexibility index (Phi) is 4.27. The summed E-state index contributed by atoms with van der Waals surface area (Å²) >= 11 is 1.74. The first-order valence-electron chi connectivity index (χ1n) is 7.84. The van der Waals surface area contributed by atoms with Gasteiger partial charge in [0, 0.05) is 10.9 Å². The van der Waals surface area contributed by atoms with Gasteiger partial charge in [-0.3, -0.25) is 10.1 Å². The smallest absolute Gasteiger partial charge is 0.241 e. The molecule has 3 rings (SSSR count). The lowest BCUT2D eigenvalue weighted by Crippen LogP contribution is -2.44. The SMILES string of the molecule is CSc1ccc(C2NC(C)C(=O)N2C(C)C2CCC2)cc1. The van der Waals surface area contributed by atoms with Crippen molar-refractivity contribution in [3.63, 3.8) is 0 Å². The Hall–Kier alpha value is -1.00. The van der Waals surface area contributed by atoms with Crippen molar-refractivity contribution in [2.45, 2.75) is 56.3 Å². The van der Waals surface area contributed by atoms with E-state index in [1.165, 1.54) is 29.7 Å². The molecule has 0 aromatic heterocycles. The Morgan fingerprint density at radius 3 is 2.48 bits per heavy atom. The lowest BCUT2D eigenvalue weighted by Gasteiger charge is -2.40. The summed E-state index contributed by atoms with van der Waals surface area (Å²) < 4.78 is 0. The first-order valence-corrected chi connectivity index (χ1v) is 9.06. The standard InChI is InChI=1S/C17H24N2OS/c1-11-17(20)19(12(2)13-5-4-6-13)16(18-11)14-7-9-15(21-3)10-8-14/h7-13,16,18H,4-6H2,1-3H3. The highest BCUT2D eigenvalue weighted by Gasteiger charge is 2.42. The van der Waals surface area contributed by atoms with E-state index in [1.807, 2.05) is 6.92 Å². The van der Waals surface area contributed by atoms with Gasteiger partial charge in [-0.15, -0.1) is 11.8 Å². The minimum Gasteiger partial charge on any atom is -0.319 e. The van der Waals surface area contributed by atoms with Crippen LogP contribution >= 0.6 is 11.8 Å². The maximum atomic E-state index is 12.6. The molecule has 21 heavy (non-hydrogen) atoms. The molecule has 1 aliphatic heterocycles. The minimum absolute atomic E-state index is 0.0269. The first kappa shape index (κ1) is 14.9. The third-order valence-electron chi connectivity index (χ3n) is 5.01. The van der Waals surface area contributed by atoms with E-state index in [1.54, 1.807) is 11.8 Å². The maximum Gasteiger partial charge on any atom is 0.241 e. The fourth-order valence-corrected chi connectivity index (χ4v) is 3.78. The van der Waals surface area contributed by atoms with Crippen molar-refractivity contribution in [2.75, 3.05) is 6.26 Å². The Labute approximate surface area is 131 Å². The van der Waals surface area contributed by atoms with Crippen LogP contribution in [-0.2, 0) is 4.79 Å². The molecule has 1 amide bonds. The molecule has 2 aliphatic rings. The van der Waals surface area contributed by atoms with E-state index in [0.717, 1.165) is 0 Å². The molecular weight excluding hydrogens is 280 g/mol. The fraction of sp³-hybridized carbons (Fsp3) is 0.588. The molecule has 2 fully saturated rings. The van der Waals surface area contributed by atoms with Crippen molar-refractivity contribution in [2.24, 2.45) is 5.92 Å². The molecule has 1 N–H and O–H groups in total. The molecule has 1 aliphatic carbocycles. The monoisotopic (exact) mass is 304 g/mol. The van der Waals surface area contributed by atoms with E-state index < -0.39 is 0 Å². The molecule has 0 bridgehead atoms. The molecular formula is C17H24N2OS. The summed E-state index contributed by atoms with van der Waals surface area (Å²) in [5.74, 6) is 0.919. The quantitative estimate of drug-likeness (QED) is 0.865. The van der Waals surface area contributed by atoms with Crippen molar-refractivity contribution >= 4 is 17.7 Å². The lowest BCUT2D eigenvalue weighted by atomic mass is 9.79. The number of nitrogens with one attached hydrogen (secondary N) is 1. The zero-order valence-corrected chi connectivity index (χ0v) is 13.8. The van der Waals surface area contributed by atoms with Crippen LogP contribution in [0.15, 0.2) is 29.2 Å². The van der Waals surface area contributed by atoms with E-state index in [2.05, 4.69) is 47.7 Å². The Morgan fingerprint density at radius 1 is 1.29 bits per heavy atom. The Morgan fingerprint density at radius 2 is 1.95 bits per heavy atom. The molecule has 114 valence electrons. The van der Waals surface area contributed by atoms with Crippen molar-refractivity contribution in [3.05, 3.63) is 29.8 Å². The molecule has 1 heterocycles. The van der Waals surface area contributed by atoms with E-state index in [0.29, 0.717) is 12.0 Å². The highest BCUT2D eigenvalue weighted by Crippen LogP contribution is 2.37. The summed E-state index contributed by atoms with van der Waals surface area (Å²) in [7, 11) is 0. The van der Waals surface area contributed by atoms with E-state index in [-0.39, 0.29) is 18.1 Å². The summed E-state index contributed by atoms with van der Waals surface area (Å²) in [6, 6.07) is 8.82. The van der Waals surface area contributed by atoms with Crippen LogP contribution in [0, 0.1) is 5.92 Å². The largest absolute Gasteiger partial charge is 0.319 e. The van der Waals surface area contributed by atoms with E-state index >= 15 is 0 Å². The molecule has 1 saturated heterocycles. The lowest BCUT2D eigenvalue weighted by molar-refractivity contribution is -0.133. The molecule has 0 spiro atoms. The summed E-state index contributed by atoms with van der Waals surface area (Å²) in [6.07, 6.45) is 5.94. The predicted molar refractivity (Wildman–Crippen MR) is 87.2 cm³/mol. The van der Waals surface area contributed by atoms with Crippen LogP contribution in [0.4, 0.5) is 0 Å². The molecule has 1 aromatic carbocycles. The average Bonchev–Trinajstić information content (AvgIpc) is 2.73. The number of amides is 1. The maximum absolute atomic E-state index is 12.6. The minimum atomic E-state index is -0.0854. The van der Waals surface area contributed by atoms with Crippen molar-refractivity contribution in [3.8, 4) is 0 Å². The second-order valence-corrected chi connectivity index (χ2v) is 7.12. The summed E-state index contributed by atoms with van der Waals surface area (Å²) in [5, 5.41) is 3.46. The van der Waals surface area contributed by atoms with Crippen LogP contribution in [0.3, 0.4) is 0 Å². The van der Waals surface area contributed by atoms with Gasteiger partial charge in [-0.2, -0.15) is 0 Å². The van der Waals surface area contributed by atoms with Crippen LogP contribution < -0.4 is 5.32 Å². The van der Waals surface area contributed by atoms with Crippen LogP contribution in [0.5, 0.6) is 0 Å². The molecule has 4 heteroatoms. The zero-order chi connectivity index (χ0) is 15.0. The fourth-order valence-electron chi connectivity index (χ4n) is 3.37. The molecule has 3 atom stereocenters. The van der Waals surface area contributed by atoms with Gasteiger partial charge in [0.1, 0.15) is 6.17 Å². The van der Waals surface area contributed by atoms with Crippen molar-refractivity contribution in [1.82, 2.24) is 10.2 Å². The number of benzene rings is 1. The number of rotatable bonds is 4. The normalized spacial score (nSPS) is 27.8. The second kappa shape index (κ2) is 6.01. The van der Waals surface area contributed by atoms with Gasteiger partial charge < -0.3 is 4.90 Å². The summed E-state index contributed by atoms with van der Waals surface area (Å²) in [4.78, 5) is 15.9. The van der Waals surface area contributed by atoms with Crippen molar-refractivity contribution in [1.29, 1.82) is 0 Å². The van der Waals surface area contributed by atoms with Gasteiger partial charge in [0.05, 0.1) is 6.04 Å². The van der Waals surface area contributed by atoms with Gasteiger partial charge >= 0.3 is 0 Å². The first-order chi connectivity index (χ1) is 10.1. The number of carbonyl (C=O) groups is 1. The summed E-state index contributed by atoms with van der Waals surface area (Å²) in [5.41, 5.74) is 1.19. The topological polar surface area (TPSA) is 32.3 Å². The van der Waals surface area contributed by atoms with Gasteiger partial charge in [0.25, 0.3) is 0 Å². The number of hydrogen-bond donors (Lipinski definition) is 1. The number of thioether (sulfide) groups is 1. The van der Waals surface area contributed by atoms with E-state index in [9.17, 15) is 4.79 Å². The van der Waals surface area contributed by atoms with Crippen LogP contribution in [0.25, 0.3) is 0 Å². The zero-order valence-electron chi connectivity index (χ0n) is 13.0. The molecule has 3 unspecified atom stereocenters. The molecule has 1 aromatic rings. The Balaban J connectivity index is 1.85. The summed E-state index contributed by atoms with van der Waals surface area (Å²) in [6.45, 7) is 4.18. The predicted octanol–water partition coefficient (Wildman–Crippen LogP) is 3.42. The molecule has 1 saturated carbocycles. The highest BCUT2D eigenvalue weighted by molar-refractivity contribution is 7.98. The molecule has 0 radical (unpaired) electrons. The number of carbonyl (C=O) groups excluding carboxylic acids is 1. The van der Waals surface area contributed by atoms with Gasteiger partial charge in [-0.25, -0.2) is 0 Å². The highest BCUT2D eigenvalue weighted by atomic mass is 32.2. The van der Waals surface area contributed by atoms with Crippen molar-refractivity contribution < 1.29 is 4.79 Å². The van der Waals surface area contributed by atoms with Gasteiger partial charge in [-0.1, -0.05) is 18.6 Å². The number of nitrogens with zero attached hydrogens (tertiary/aromatic N) is 1.